The van der Waals surface area contributed by atoms with Crippen LogP contribution in [0.4, 0.5) is 4.39 Å². The third-order valence-corrected chi connectivity index (χ3v) is 2.81. The van der Waals surface area contributed by atoms with Gasteiger partial charge in [0.15, 0.2) is 0 Å². The number of hydrogen-bond acceptors (Lipinski definition) is 2. The van der Waals surface area contributed by atoms with Gasteiger partial charge in [0.25, 0.3) is 0 Å². The van der Waals surface area contributed by atoms with Gasteiger partial charge in [-0.3, -0.25) is 4.79 Å². The van der Waals surface area contributed by atoms with Gasteiger partial charge in [0.2, 0.25) is 0 Å². The molecule has 1 N–H and O–H groups in total. The van der Waals surface area contributed by atoms with E-state index in [9.17, 15) is 9.18 Å². The molecule has 0 saturated carbocycles. The van der Waals surface area contributed by atoms with Crippen molar-refractivity contribution in [1.82, 2.24) is 0 Å². The zero-order chi connectivity index (χ0) is 13.2. The van der Waals surface area contributed by atoms with Crippen LogP contribution in [0.2, 0.25) is 0 Å². The van der Waals surface area contributed by atoms with Crippen molar-refractivity contribution in [3.05, 3.63) is 29.1 Å². The van der Waals surface area contributed by atoms with E-state index in [2.05, 4.69) is 0 Å². The quantitative estimate of drug-likeness (QED) is 0.880. The van der Waals surface area contributed by atoms with Crippen molar-refractivity contribution >= 4 is 5.97 Å². The number of aryl methyl sites for hydroxylation is 1. The van der Waals surface area contributed by atoms with E-state index < -0.39 is 17.2 Å². The van der Waals surface area contributed by atoms with Crippen LogP contribution in [0.15, 0.2) is 12.1 Å². The maximum Gasteiger partial charge on any atom is 0.309 e. The Labute approximate surface area is 100 Å². The average molecular weight is 240 g/mol. The third kappa shape index (κ3) is 2.75. The molecule has 0 aliphatic heterocycles. The summed E-state index contributed by atoms with van der Waals surface area (Å²) in [6.07, 6.45) is 0.0962. The van der Waals surface area contributed by atoms with E-state index in [-0.39, 0.29) is 6.42 Å². The van der Waals surface area contributed by atoms with Crippen molar-refractivity contribution in [2.75, 3.05) is 7.11 Å². The molecule has 0 aliphatic rings. The van der Waals surface area contributed by atoms with Crippen LogP contribution in [0.25, 0.3) is 0 Å². The Morgan fingerprint density at radius 3 is 2.53 bits per heavy atom. The van der Waals surface area contributed by atoms with Gasteiger partial charge in [-0.1, -0.05) is 6.07 Å². The smallest absolute Gasteiger partial charge is 0.309 e. The van der Waals surface area contributed by atoms with Crippen molar-refractivity contribution in [3.63, 3.8) is 0 Å². The van der Waals surface area contributed by atoms with Crippen LogP contribution in [-0.4, -0.2) is 18.2 Å². The van der Waals surface area contributed by atoms with Crippen LogP contribution >= 0.6 is 0 Å². The molecule has 0 spiro atoms. The van der Waals surface area contributed by atoms with E-state index in [4.69, 9.17) is 9.84 Å². The van der Waals surface area contributed by atoms with E-state index in [1.165, 1.54) is 7.11 Å². The van der Waals surface area contributed by atoms with Gasteiger partial charge in [0.05, 0.1) is 12.5 Å². The Morgan fingerprint density at radius 2 is 2.06 bits per heavy atom. The number of aliphatic carboxylic acids is 1. The minimum atomic E-state index is -1.03. The number of methoxy groups -OCH3 is 1. The lowest BCUT2D eigenvalue weighted by Gasteiger charge is -2.21. The van der Waals surface area contributed by atoms with Crippen molar-refractivity contribution in [3.8, 4) is 5.75 Å². The minimum Gasteiger partial charge on any atom is -0.496 e. The first kappa shape index (κ1) is 13.5. The maximum atomic E-state index is 14.0. The van der Waals surface area contributed by atoms with E-state index in [0.29, 0.717) is 16.9 Å². The molecule has 17 heavy (non-hydrogen) atoms. The van der Waals surface area contributed by atoms with E-state index >= 15 is 0 Å². The van der Waals surface area contributed by atoms with E-state index in [0.717, 1.165) is 0 Å². The van der Waals surface area contributed by atoms with Crippen molar-refractivity contribution in [1.29, 1.82) is 0 Å². The highest BCUT2D eigenvalue weighted by molar-refractivity contribution is 5.74. The van der Waals surface area contributed by atoms with Gasteiger partial charge in [-0.25, -0.2) is 4.39 Å². The summed E-state index contributed by atoms with van der Waals surface area (Å²) in [6, 6.07) is 3.27. The van der Waals surface area contributed by atoms with Crippen LogP contribution in [0.1, 0.15) is 25.0 Å². The summed E-state index contributed by atoms with van der Waals surface area (Å²) in [7, 11) is 1.45. The number of ether oxygens (including phenoxy) is 1. The van der Waals surface area contributed by atoms with Crippen molar-refractivity contribution < 1.29 is 19.0 Å². The predicted octanol–water partition coefficient (Wildman–Crippen LogP) is 2.80. The Hall–Kier alpha value is -1.58. The van der Waals surface area contributed by atoms with Gasteiger partial charge in [-0.15, -0.1) is 0 Å². The van der Waals surface area contributed by atoms with Gasteiger partial charge in [0, 0.05) is 5.56 Å². The fraction of sp³-hybridized carbons (Fsp3) is 0.462. The fourth-order valence-corrected chi connectivity index (χ4v) is 1.59. The molecule has 0 saturated heterocycles. The maximum absolute atomic E-state index is 14.0. The lowest BCUT2D eigenvalue weighted by Crippen LogP contribution is -2.27. The van der Waals surface area contributed by atoms with Gasteiger partial charge in [-0.05, 0) is 38.8 Å². The van der Waals surface area contributed by atoms with Crippen LogP contribution in [0.5, 0.6) is 5.75 Å². The van der Waals surface area contributed by atoms with E-state index in [1.54, 1.807) is 32.9 Å². The van der Waals surface area contributed by atoms with Gasteiger partial charge < -0.3 is 9.84 Å². The molecule has 1 rings (SSSR count). The Kier molecular flexibility index (Phi) is 3.76. The first-order chi connectivity index (χ1) is 7.79. The molecule has 0 amide bonds. The highest BCUT2D eigenvalue weighted by Gasteiger charge is 2.30. The van der Waals surface area contributed by atoms with Gasteiger partial charge in [-0.2, -0.15) is 0 Å². The molecule has 0 atom stereocenters. The standard InChI is InChI=1S/C13H17FO3/c1-8-5-6-10(17-4)9(11(8)14)7-13(2,3)12(15)16/h5-6H,7H2,1-4H3,(H,15,16). The molecule has 1 aromatic carbocycles. The molecule has 0 aromatic heterocycles. The topological polar surface area (TPSA) is 46.5 Å². The van der Waals surface area contributed by atoms with Crippen LogP contribution in [0.3, 0.4) is 0 Å². The Balaban J connectivity index is 3.21. The van der Waals surface area contributed by atoms with Crippen LogP contribution in [0, 0.1) is 18.2 Å². The molecule has 1 aromatic rings. The zero-order valence-corrected chi connectivity index (χ0v) is 10.5. The molecule has 0 unspecified atom stereocenters. The molecule has 0 radical (unpaired) electrons. The number of carboxylic acids is 1. The van der Waals surface area contributed by atoms with Crippen LogP contribution < -0.4 is 4.74 Å². The zero-order valence-electron chi connectivity index (χ0n) is 10.5. The monoisotopic (exact) mass is 240 g/mol. The summed E-state index contributed by atoms with van der Waals surface area (Å²) < 4.78 is 19.0. The highest BCUT2D eigenvalue weighted by Crippen LogP contribution is 2.31. The molecule has 0 bridgehead atoms. The molecule has 4 heteroatoms. The third-order valence-electron chi connectivity index (χ3n) is 2.81. The van der Waals surface area contributed by atoms with E-state index in [1.807, 2.05) is 0 Å². The highest BCUT2D eigenvalue weighted by atomic mass is 19.1. The number of rotatable bonds is 4. The van der Waals surface area contributed by atoms with Crippen LogP contribution in [-0.2, 0) is 11.2 Å². The summed E-state index contributed by atoms with van der Waals surface area (Å²) in [6.45, 7) is 4.78. The lowest BCUT2D eigenvalue weighted by molar-refractivity contribution is -0.146. The number of benzene rings is 1. The Bertz CT molecular complexity index is 439. The second kappa shape index (κ2) is 4.73. The fourth-order valence-electron chi connectivity index (χ4n) is 1.59. The average Bonchev–Trinajstić information content (AvgIpc) is 2.25. The second-order valence-corrected chi connectivity index (χ2v) is 4.74. The largest absolute Gasteiger partial charge is 0.496 e. The first-order valence-corrected chi connectivity index (χ1v) is 5.35. The number of hydrogen-bond donors (Lipinski definition) is 1. The minimum absolute atomic E-state index is 0.0962. The molecule has 0 fully saturated rings. The molecular weight excluding hydrogens is 223 g/mol. The van der Waals surface area contributed by atoms with Gasteiger partial charge >= 0.3 is 5.97 Å². The summed E-state index contributed by atoms with van der Waals surface area (Å²) in [4.78, 5) is 11.1. The molecule has 3 nitrogen and oxygen atoms in total. The number of carbonyl (C=O) groups is 1. The normalized spacial score (nSPS) is 11.4. The Morgan fingerprint density at radius 1 is 1.47 bits per heavy atom. The SMILES string of the molecule is COc1ccc(C)c(F)c1CC(C)(C)C(=O)O. The number of carboxylic acid groups (broad SMARTS) is 1. The number of halogens is 1. The lowest BCUT2D eigenvalue weighted by atomic mass is 9.85. The van der Waals surface area contributed by atoms with Crippen molar-refractivity contribution in [2.24, 2.45) is 5.41 Å². The molecule has 0 heterocycles. The van der Waals surface area contributed by atoms with Gasteiger partial charge in [0.1, 0.15) is 11.6 Å². The molecular formula is C13H17FO3. The first-order valence-electron chi connectivity index (χ1n) is 5.35. The predicted molar refractivity (Wildman–Crippen MR) is 62.8 cm³/mol. The summed E-state index contributed by atoms with van der Waals surface area (Å²) in [5.41, 5.74) is -0.219. The summed E-state index contributed by atoms with van der Waals surface area (Å²) >= 11 is 0. The molecule has 0 aliphatic carbocycles. The summed E-state index contributed by atoms with van der Waals surface area (Å²) in [5, 5.41) is 9.06. The molecule has 94 valence electrons. The summed E-state index contributed by atoms with van der Waals surface area (Å²) in [5.74, 6) is -0.957. The van der Waals surface area contributed by atoms with Crippen molar-refractivity contribution in [2.45, 2.75) is 27.2 Å². The second-order valence-electron chi connectivity index (χ2n) is 4.74.